The fraction of sp³-hybridized carbons (Fsp3) is 0.222. The second kappa shape index (κ2) is 9.18. The van der Waals surface area contributed by atoms with Crippen LogP contribution in [0.2, 0.25) is 0 Å². The Balaban J connectivity index is 1.83. The Morgan fingerprint density at radius 1 is 1.19 bits per heavy atom. The molecule has 9 heteroatoms. The molecule has 2 amide bonds. The maximum atomic E-state index is 11.9. The first-order valence-corrected chi connectivity index (χ1v) is 8.15. The molecule has 9 nitrogen and oxygen atoms in total. The summed E-state index contributed by atoms with van der Waals surface area (Å²) < 4.78 is 0. The number of benzene rings is 1. The van der Waals surface area contributed by atoms with Crippen LogP contribution in [0.3, 0.4) is 0 Å². The van der Waals surface area contributed by atoms with Gasteiger partial charge in [0.25, 0.3) is 5.69 Å². The first kappa shape index (κ1) is 19.7. The molecule has 1 aromatic heterocycles. The van der Waals surface area contributed by atoms with Crippen LogP contribution in [0.15, 0.2) is 41.5 Å². The lowest BCUT2D eigenvalue weighted by molar-refractivity contribution is -0.384. The summed E-state index contributed by atoms with van der Waals surface area (Å²) in [7, 11) is 0. The maximum absolute atomic E-state index is 11.9. The summed E-state index contributed by atoms with van der Waals surface area (Å²) in [5.41, 5.74) is 4.35. The van der Waals surface area contributed by atoms with Gasteiger partial charge in [-0.3, -0.25) is 24.7 Å². The molecular formula is C18H19N5O4. The fourth-order valence-electron chi connectivity index (χ4n) is 2.20. The highest BCUT2D eigenvalue weighted by atomic mass is 16.6. The molecule has 0 radical (unpaired) electrons. The summed E-state index contributed by atoms with van der Waals surface area (Å²) in [5.74, 6) is -0.950. The van der Waals surface area contributed by atoms with Gasteiger partial charge in [0.2, 0.25) is 11.8 Å². The van der Waals surface area contributed by atoms with Crippen LogP contribution in [-0.2, 0) is 9.59 Å². The van der Waals surface area contributed by atoms with Crippen LogP contribution >= 0.6 is 0 Å². The quantitative estimate of drug-likeness (QED) is 0.440. The third-order valence-corrected chi connectivity index (χ3v) is 3.50. The zero-order valence-electron chi connectivity index (χ0n) is 14.9. The third-order valence-electron chi connectivity index (χ3n) is 3.50. The molecule has 0 aliphatic heterocycles. The van der Waals surface area contributed by atoms with Crippen molar-refractivity contribution in [2.24, 2.45) is 5.10 Å². The Kier molecular flexibility index (Phi) is 6.70. The number of nitro groups is 1. The van der Waals surface area contributed by atoms with Gasteiger partial charge in [0.1, 0.15) is 5.69 Å². The number of hydrazone groups is 1. The molecule has 0 spiro atoms. The smallest absolute Gasteiger partial charge is 0.293 e. The molecule has 0 saturated carbocycles. The number of hydrogen-bond donors (Lipinski definition) is 2. The Labute approximate surface area is 155 Å². The lowest BCUT2D eigenvalue weighted by Gasteiger charge is -2.06. The van der Waals surface area contributed by atoms with Crippen molar-refractivity contribution in [1.82, 2.24) is 10.4 Å². The van der Waals surface area contributed by atoms with E-state index in [9.17, 15) is 19.7 Å². The number of anilines is 1. The minimum atomic E-state index is -0.566. The van der Waals surface area contributed by atoms with E-state index in [1.54, 1.807) is 19.1 Å². The highest BCUT2D eigenvalue weighted by Gasteiger charge is 2.16. The maximum Gasteiger partial charge on any atom is 0.293 e. The molecule has 0 aliphatic carbocycles. The number of nitrogens with one attached hydrogen (secondary N) is 2. The molecule has 0 saturated heterocycles. The molecule has 0 fully saturated rings. The van der Waals surface area contributed by atoms with Gasteiger partial charge >= 0.3 is 0 Å². The van der Waals surface area contributed by atoms with E-state index in [0.29, 0.717) is 11.3 Å². The Bertz CT molecular complexity index is 895. The molecule has 2 rings (SSSR count). The number of rotatable bonds is 7. The van der Waals surface area contributed by atoms with Crippen molar-refractivity contribution in [1.29, 1.82) is 0 Å². The van der Waals surface area contributed by atoms with Crippen molar-refractivity contribution >= 4 is 29.4 Å². The van der Waals surface area contributed by atoms with E-state index in [2.05, 4.69) is 20.8 Å². The lowest BCUT2D eigenvalue weighted by Crippen LogP contribution is -2.21. The molecular weight excluding hydrogens is 350 g/mol. The van der Waals surface area contributed by atoms with Crippen molar-refractivity contribution in [2.75, 3.05) is 5.32 Å². The summed E-state index contributed by atoms with van der Waals surface area (Å²) in [6.07, 6.45) is 1.17. The lowest BCUT2D eigenvalue weighted by atomic mass is 10.2. The molecule has 0 unspecified atom stereocenters. The molecule has 0 bridgehead atoms. The second-order valence-corrected chi connectivity index (χ2v) is 5.82. The predicted octanol–water partition coefficient (Wildman–Crippen LogP) is 2.48. The summed E-state index contributed by atoms with van der Waals surface area (Å²) in [4.78, 5) is 38.4. The standard InChI is InChI=1S/C18H19N5O4/c1-12-6-7-15(16(10-12)23(26)27)21-17(24)8-9-18(25)22-19-11-14-5-3-4-13(2)20-14/h3-7,10-11H,8-9H2,1-2H3,(H,21,24)(H,22,25)/b19-11-. The predicted molar refractivity (Wildman–Crippen MR) is 100 cm³/mol. The number of nitro benzene ring substituents is 1. The van der Waals surface area contributed by atoms with Crippen LogP contribution in [0.5, 0.6) is 0 Å². The van der Waals surface area contributed by atoms with Crippen LogP contribution in [-0.4, -0.2) is 27.9 Å². The topological polar surface area (TPSA) is 127 Å². The highest BCUT2D eigenvalue weighted by Crippen LogP contribution is 2.25. The van der Waals surface area contributed by atoms with Crippen LogP contribution in [0.25, 0.3) is 0 Å². The van der Waals surface area contributed by atoms with Gasteiger partial charge in [-0.05, 0) is 37.6 Å². The average molecular weight is 369 g/mol. The van der Waals surface area contributed by atoms with E-state index in [1.807, 2.05) is 19.1 Å². The van der Waals surface area contributed by atoms with E-state index < -0.39 is 16.7 Å². The van der Waals surface area contributed by atoms with Crippen molar-refractivity contribution in [3.05, 3.63) is 63.5 Å². The highest BCUT2D eigenvalue weighted by molar-refractivity contribution is 5.95. The summed E-state index contributed by atoms with van der Waals surface area (Å²) >= 11 is 0. The van der Waals surface area contributed by atoms with Gasteiger partial charge in [0.15, 0.2) is 0 Å². The van der Waals surface area contributed by atoms with Gasteiger partial charge < -0.3 is 5.32 Å². The number of aromatic nitrogens is 1. The van der Waals surface area contributed by atoms with Gasteiger partial charge in [-0.1, -0.05) is 12.1 Å². The molecule has 0 aliphatic rings. The average Bonchev–Trinajstić information content (AvgIpc) is 2.61. The Morgan fingerprint density at radius 3 is 2.63 bits per heavy atom. The van der Waals surface area contributed by atoms with Crippen LogP contribution in [0.1, 0.15) is 29.8 Å². The third kappa shape index (κ3) is 6.31. The minimum absolute atomic E-state index is 0.0968. The number of aryl methyl sites for hydroxylation is 2. The van der Waals surface area contributed by atoms with Crippen molar-refractivity contribution < 1.29 is 14.5 Å². The number of amides is 2. The Morgan fingerprint density at radius 2 is 1.93 bits per heavy atom. The van der Waals surface area contributed by atoms with E-state index in [1.165, 1.54) is 18.3 Å². The zero-order valence-corrected chi connectivity index (χ0v) is 14.9. The number of nitrogens with zero attached hydrogens (tertiary/aromatic N) is 3. The van der Waals surface area contributed by atoms with E-state index in [4.69, 9.17) is 0 Å². The zero-order chi connectivity index (χ0) is 19.8. The first-order chi connectivity index (χ1) is 12.8. The Hall–Kier alpha value is -3.62. The normalized spacial score (nSPS) is 10.6. The summed E-state index contributed by atoms with van der Waals surface area (Å²) in [5, 5.41) is 17.3. The molecule has 0 atom stereocenters. The molecule has 140 valence electrons. The van der Waals surface area contributed by atoms with E-state index >= 15 is 0 Å². The van der Waals surface area contributed by atoms with Crippen molar-refractivity contribution in [3.8, 4) is 0 Å². The van der Waals surface area contributed by atoms with E-state index in [0.717, 1.165) is 5.69 Å². The summed E-state index contributed by atoms with van der Waals surface area (Å²) in [6, 6.07) is 9.89. The van der Waals surface area contributed by atoms with Gasteiger partial charge in [0, 0.05) is 24.6 Å². The monoisotopic (exact) mass is 369 g/mol. The minimum Gasteiger partial charge on any atom is -0.320 e. The van der Waals surface area contributed by atoms with E-state index in [-0.39, 0.29) is 24.2 Å². The molecule has 1 heterocycles. The van der Waals surface area contributed by atoms with Gasteiger partial charge in [-0.25, -0.2) is 5.43 Å². The van der Waals surface area contributed by atoms with Crippen molar-refractivity contribution in [2.45, 2.75) is 26.7 Å². The molecule has 2 N–H and O–H groups in total. The summed E-state index contributed by atoms with van der Waals surface area (Å²) in [6.45, 7) is 3.56. The molecule has 27 heavy (non-hydrogen) atoms. The molecule has 2 aromatic rings. The van der Waals surface area contributed by atoms with Crippen LogP contribution in [0.4, 0.5) is 11.4 Å². The largest absolute Gasteiger partial charge is 0.320 e. The number of carbonyl (C=O) groups excluding carboxylic acids is 2. The van der Waals surface area contributed by atoms with Gasteiger partial charge in [-0.2, -0.15) is 5.10 Å². The SMILES string of the molecule is Cc1ccc(NC(=O)CCC(=O)N/N=C\c2cccc(C)n2)c([N+](=O)[O-])c1. The van der Waals surface area contributed by atoms with Crippen LogP contribution in [0, 0.1) is 24.0 Å². The second-order valence-electron chi connectivity index (χ2n) is 5.82. The molecule has 1 aromatic carbocycles. The first-order valence-electron chi connectivity index (χ1n) is 8.15. The van der Waals surface area contributed by atoms with Gasteiger partial charge in [0.05, 0.1) is 16.8 Å². The fourth-order valence-corrected chi connectivity index (χ4v) is 2.20. The van der Waals surface area contributed by atoms with Crippen molar-refractivity contribution in [3.63, 3.8) is 0 Å². The van der Waals surface area contributed by atoms with Crippen LogP contribution < -0.4 is 10.7 Å². The number of pyridine rings is 1. The number of carbonyl (C=O) groups is 2. The van der Waals surface area contributed by atoms with Gasteiger partial charge in [-0.15, -0.1) is 0 Å². The number of hydrogen-bond acceptors (Lipinski definition) is 6.